The topological polar surface area (TPSA) is 113 Å². The van der Waals surface area contributed by atoms with Gasteiger partial charge in [0.1, 0.15) is 17.5 Å². The Balaban J connectivity index is 0.000000531. The number of carboxylic acid groups (broad SMARTS) is 2. The van der Waals surface area contributed by atoms with Crippen LogP contribution in [0.5, 0.6) is 0 Å². The zero-order valence-corrected chi connectivity index (χ0v) is 15.6. The summed E-state index contributed by atoms with van der Waals surface area (Å²) in [5.41, 5.74) is -0.522. The molecule has 0 radical (unpaired) electrons. The normalized spacial score (nSPS) is 11.8. The molecule has 1 aromatic rings. The van der Waals surface area contributed by atoms with Crippen LogP contribution in [0.2, 0.25) is 0 Å². The summed E-state index contributed by atoms with van der Waals surface area (Å²) >= 11 is 0. The largest absolute Gasteiger partial charge is 0.480 e. The van der Waals surface area contributed by atoms with Gasteiger partial charge >= 0.3 is 18.0 Å². The molecule has 26 heavy (non-hydrogen) atoms. The number of nitrogens with one attached hydrogen (secondary N) is 1. The number of carbonyl (C=O) groups is 3. The molecule has 8 heteroatoms. The fraction of sp³-hybridized carbons (Fsp3) is 0.500. The van der Waals surface area contributed by atoms with Gasteiger partial charge in [0.2, 0.25) is 0 Å². The maximum absolute atomic E-state index is 12.2. The van der Waals surface area contributed by atoms with Crippen LogP contribution in [-0.4, -0.2) is 39.9 Å². The number of alkyl carbamates (subject to hydrolysis) is 1. The standard InChI is InChI=1S/C11H21NO4.C7H5FO2/c1-7(2)6-8(9(13)14)12-10(15)16-11(3,4)5;8-6-3-1-5(2-4-6)7(9)10/h7-8H,6H2,1-5H3,(H,12,15)(H,13,14);1-4H,(H,9,10). The van der Waals surface area contributed by atoms with Crippen molar-refractivity contribution in [3.8, 4) is 0 Å². The predicted octanol–water partition coefficient (Wildman–Crippen LogP) is 3.53. The fourth-order valence-electron chi connectivity index (χ4n) is 1.74. The van der Waals surface area contributed by atoms with Gasteiger partial charge in [-0.05, 0) is 57.4 Å². The van der Waals surface area contributed by atoms with Crippen molar-refractivity contribution < 1.29 is 33.7 Å². The van der Waals surface area contributed by atoms with Crippen molar-refractivity contribution in [2.75, 3.05) is 0 Å². The summed E-state index contributed by atoms with van der Waals surface area (Å²) in [7, 11) is 0. The number of hydrogen-bond donors (Lipinski definition) is 3. The van der Waals surface area contributed by atoms with Crippen molar-refractivity contribution >= 4 is 18.0 Å². The van der Waals surface area contributed by atoms with E-state index in [-0.39, 0.29) is 11.5 Å². The average molecular weight is 371 g/mol. The van der Waals surface area contributed by atoms with E-state index in [0.717, 1.165) is 12.1 Å². The first kappa shape index (κ1) is 23.4. The lowest BCUT2D eigenvalue weighted by atomic mass is 10.0. The van der Waals surface area contributed by atoms with E-state index in [0.29, 0.717) is 6.42 Å². The lowest BCUT2D eigenvalue weighted by Gasteiger charge is -2.22. The molecule has 0 fully saturated rings. The van der Waals surface area contributed by atoms with Gasteiger partial charge in [0.15, 0.2) is 0 Å². The molecule has 0 bridgehead atoms. The molecular formula is C18H26FNO6. The second-order valence-electron chi connectivity index (χ2n) is 6.98. The predicted molar refractivity (Wildman–Crippen MR) is 93.6 cm³/mol. The molecular weight excluding hydrogens is 345 g/mol. The van der Waals surface area contributed by atoms with E-state index in [2.05, 4.69) is 5.32 Å². The van der Waals surface area contributed by atoms with Crippen molar-refractivity contribution in [1.29, 1.82) is 0 Å². The van der Waals surface area contributed by atoms with Crippen LogP contribution in [-0.2, 0) is 9.53 Å². The van der Waals surface area contributed by atoms with Crippen molar-refractivity contribution in [2.24, 2.45) is 5.92 Å². The van der Waals surface area contributed by atoms with Gasteiger partial charge in [0, 0.05) is 0 Å². The van der Waals surface area contributed by atoms with Crippen molar-refractivity contribution in [3.05, 3.63) is 35.6 Å². The lowest BCUT2D eigenvalue weighted by molar-refractivity contribution is -0.139. The molecule has 1 aromatic carbocycles. The van der Waals surface area contributed by atoms with Crippen LogP contribution in [0, 0.1) is 11.7 Å². The number of benzene rings is 1. The smallest absolute Gasteiger partial charge is 0.408 e. The third-order valence-electron chi connectivity index (χ3n) is 2.79. The van der Waals surface area contributed by atoms with E-state index in [9.17, 15) is 18.8 Å². The number of carboxylic acids is 2. The Morgan fingerprint density at radius 1 is 1.12 bits per heavy atom. The molecule has 1 atom stereocenters. The van der Waals surface area contributed by atoms with Gasteiger partial charge < -0.3 is 20.3 Å². The highest BCUT2D eigenvalue weighted by Gasteiger charge is 2.24. The summed E-state index contributed by atoms with van der Waals surface area (Å²) in [5, 5.41) is 19.6. The third kappa shape index (κ3) is 11.0. The molecule has 1 rings (SSSR count). The molecule has 1 unspecified atom stereocenters. The fourth-order valence-corrected chi connectivity index (χ4v) is 1.74. The molecule has 0 heterocycles. The van der Waals surface area contributed by atoms with Gasteiger partial charge in [-0.15, -0.1) is 0 Å². The van der Waals surface area contributed by atoms with E-state index in [1.807, 2.05) is 13.8 Å². The third-order valence-corrected chi connectivity index (χ3v) is 2.79. The minimum atomic E-state index is -1.04. The van der Waals surface area contributed by atoms with Gasteiger partial charge in [0.05, 0.1) is 5.56 Å². The molecule has 7 nitrogen and oxygen atoms in total. The number of aromatic carboxylic acids is 1. The molecule has 0 aromatic heterocycles. The van der Waals surface area contributed by atoms with E-state index < -0.39 is 35.5 Å². The number of rotatable bonds is 5. The molecule has 0 saturated carbocycles. The van der Waals surface area contributed by atoms with Gasteiger partial charge in [-0.1, -0.05) is 13.8 Å². The lowest BCUT2D eigenvalue weighted by Crippen LogP contribution is -2.44. The number of aliphatic carboxylic acids is 1. The Hall–Kier alpha value is -2.64. The van der Waals surface area contributed by atoms with Gasteiger partial charge in [0.25, 0.3) is 0 Å². The quantitative estimate of drug-likeness (QED) is 0.730. The van der Waals surface area contributed by atoms with Crippen LogP contribution in [0.15, 0.2) is 24.3 Å². The minimum Gasteiger partial charge on any atom is -0.480 e. The number of hydrogen-bond acceptors (Lipinski definition) is 4. The molecule has 146 valence electrons. The van der Waals surface area contributed by atoms with Gasteiger partial charge in [-0.2, -0.15) is 0 Å². The molecule has 1 amide bonds. The Labute approximate surface area is 152 Å². The Morgan fingerprint density at radius 3 is 1.96 bits per heavy atom. The van der Waals surface area contributed by atoms with Gasteiger partial charge in [-0.25, -0.2) is 18.8 Å². The summed E-state index contributed by atoms with van der Waals surface area (Å²) in [6.07, 6.45) is -0.310. The zero-order valence-electron chi connectivity index (χ0n) is 15.6. The number of halogens is 1. The SMILES string of the molecule is CC(C)CC(NC(=O)OC(C)(C)C)C(=O)O.O=C(O)c1ccc(F)cc1. The molecule has 0 aliphatic carbocycles. The highest BCUT2D eigenvalue weighted by Crippen LogP contribution is 2.09. The zero-order chi connectivity index (χ0) is 20.5. The van der Waals surface area contributed by atoms with Crippen LogP contribution in [0.4, 0.5) is 9.18 Å². The van der Waals surface area contributed by atoms with E-state index >= 15 is 0 Å². The molecule has 0 aliphatic rings. The molecule has 0 aliphatic heterocycles. The number of ether oxygens (including phenoxy) is 1. The van der Waals surface area contributed by atoms with Crippen molar-refractivity contribution in [3.63, 3.8) is 0 Å². The Bertz CT molecular complexity index is 607. The monoisotopic (exact) mass is 371 g/mol. The molecule has 0 spiro atoms. The van der Waals surface area contributed by atoms with Crippen LogP contribution >= 0.6 is 0 Å². The summed E-state index contributed by atoms with van der Waals surface area (Å²) in [6.45, 7) is 8.97. The highest BCUT2D eigenvalue weighted by atomic mass is 19.1. The highest BCUT2D eigenvalue weighted by molar-refractivity contribution is 5.87. The van der Waals surface area contributed by atoms with Gasteiger partial charge in [-0.3, -0.25) is 0 Å². The van der Waals surface area contributed by atoms with E-state index in [1.54, 1.807) is 20.8 Å². The van der Waals surface area contributed by atoms with E-state index in [4.69, 9.17) is 14.9 Å². The maximum Gasteiger partial charge on any atom is 0.408 e. The first-order valence-corrected chi connectivity index (χ1v) is 8.03. The average Bonchev–Trinajstić information content (AvgIpc) is 2.45. The van der Waals surface area contributed by atoms with Crippen molar-refractivity contribution in [1.82, 2.24) is 5.32 Å². The van der Waals surface area contributed by atoms with Crippen LogP contribution in [0.1, 0.15) is 51.4 Å². The number of carbonyl (C=O) groups excluding carboxylic acids is 1. The summed E-state index contributed by atoms with van der Waals surface area (Å²) < 4.78 is 17.1. The molecule has 0 saturated heterocycles. The summed E-state index contributed by atoms with van der Waals surface area (Å²) in [4.78, 5) is 32.4. The second-order valence-corrected chi connectivity index (χ2v) is 6.98. The van der Waals surface area contributed by atoms with Crippen LogP contribution in [0.3, 0.4) is 0 Å². The van der Waals surface area contributed by atoms with E-state index in [1.165, 1.54) is 12.1 Å². The van der Waals surface area contributed by atoms with Crippen LogP contribution < -0.4 is 5.32 Å². The maximum atomic E-state index is 12.2. The summed E-state index contributed by atoms with van der Waals surface area (Å²) in [6, 6.07) is 3.78. The Kier molecular flexibility index (Phi) is 9.32. The first-order valence-electron chi connectivity index (χ1n) is 8.03. The van der Waals surface area contributed by atoms with Crippen LogP contribution in [0.25, 0.3) is 0 Å². The first-order chi connectivity index (χ1) is 11.8. The Morgan fingerprint density at radius 2 is 1.62 bits per heavy atom. The molecule has 3 N–H and O–H groups in total. The van der Waals surface area contributed by atoms with Crippen molar-refractivity contribution in [2.45, 2.75) is 52.7 Å². The minimum absolute atomic E-state index is 0.0985. The number of amides is 1. The summed E-state index contributed by atoms with van der Waals surface area (Å²) in [5.74, 6) is -2.32. The second kappa shape index (κ2) is 10.4.